The van der Waals surface area contributed by atoms with Gasteiger partial charge in [-0.2, -0.15) is 0 Å². The highest BCUT2D eigenvalue weighted by atomic mass is 16.5. The maximum Gasteiger partial charge on any atom is 0.0530 e. The first-order valence-corrected chi connectivity index (χ1v) is 7.31. The molecule has 1 fully saturated rings. The van der Waals surface area contributed by atoms with Gasteiger partial charge in [-0.3, -0.25) is 0 Å². The molecular formula is C16H24N2O. The van der Waals surface area contributed by atoms with Gasteiger partial charge in [-0.25, -0.2) is 0 Å². The van der Waals surface area contributed by atoms with E-state index in [4.69, 9.17) is 10.5 Å². The molecule has 1 aromatic carbocycles. The summed E-state index contributed by atoms with van der Waals surface area (Å²) in [4.78, 5) is 0. The zero-order valence-electron chi connectivity index (χ0n) is 11.7. The molecular weight excluding hydrogens is 236 g/mol. The van der Waals surface area contributed by atoms with Crippen molar-refractivity contribution in [3.8, 4) is 0 Å². The third-order valence-corrected chi connectivity index (χ3v) is 4.85. The van der Waals surface area contributed by atoms with E-state index in [0.29, 0.717) is 11.5 Å². The molecule has 2 aliphatic rings. The van der Waals surface area contributed by atoms with Gasteiger partial charge in [0.1, 0.15) is 0 Å². The fraction of sp³-hybridized carbons (Fsp3) is 0.625. The van der Waals surface area contributed by atoms with Crippen molar-refractivity contribution in [1.82, 2.24) is 5.32 Å². The molecule has 2 aliphatic carbocycles. The quantitative estimate of drug-likeness (QED) is 0.855. The van der Waals surface area contributed by atoms with Crippen molar-refractivity contribution in [1.29, 1.82) is 0 Å². The molecule has 0 aliphatic heterocycles. The van der Waals surface area contributed by atoms with Crippen LogP contribution >= 0.6 is 0 Å². The minimum absolute atomic E-state index is 0.188. The van der Waals surface area contributed by atoms with Crippen LogP contribution in [0.2, 0.25) is 0 Å². The Balaban J connectivity index is 1.65. The van der Waals surface area contributed by atoms with E-state index in [1.807, 2.05) is 0 Å². The Labute approximate surface area is 115 Å². The SMILES string of the molecule is COCC1(CNC2CC(N)c3ccccc32)CCC1. The number of benzene rings is 1. The first-order chi connectivity index (χ1) is 9.24. The average Bonchev–Trinajstić information content (AvgIpc) is 2.70. The van der Waals surface area contributed by atoms with Gasteiger partial charge in [0.05, 0.1) is 6.61 Å². The molecule has 0 amide bonds. The summed E-state index contributed by atoms with van der Waals surface area (Å²) in [6.07, 6.45) is 4.93. The molecule has 3 rings (SSSR count). The zero-order valence-corrected chi connectivity index (χ0v) is 11.7. The number of hydrogen-bond acceptors (Lipinski definition) is 3. The molecule has 2 unspecified atom stereocenters. The molecule has 19 heavy (non-hydrogen) atoms. The lowest BCUT2D eigenvalue weighted by molar-refractivity contribution is 0.0157. The second kappa shape index (κ2) is 5.23. The van der Waals surface area contributed by atoms with Gasteiger partial charge in [-0.1, -0.05) is 30.7 Å². The molecule has 0 radical (unpaired) electrons. The lowest BCUT2D eigenvalue weighted by atomic mass is 9.69. The molecule has 3 N–H and O–H groups in total. The van der Waals surface area contributed by atoms with E-state index in [0.717, 1.165) is 19.6 Å². The second-order valence-corrected chi connectivity index (χ2v) is 6.19. The van der Waals surface area contributed by atoms with Gasteiger partial charge in [0, 0.05) is 31.2 Å². The number of ether oxygens (including phenoxy) is 1. The van der Waals surface area contributed by atoms with Crippen LogP contribution in [0.3, 0.4) is 0 Å². The summed E-state index contributed by atoms with van der Waals surface area (Å²) in [5.41, 5.74) is 9.29. The molecule has 0 spiro atoms. The lowest BCUT2D eigenvalue weighted by Crippen LogP contribution is -2.44. The fourth-order valence-electron chi connectivity index (χ4n) is 3.56. The highest BCUT2D eigenvalue weighted by molar-refractivity contribution is 5.37. The van der Waals surface area contributed by atoms with E-state index in [9.17, 15) is 0 Å². The van der Waals surface area contributed by atoms with Crippen LogP contribution in [0.15, 0.2) is 24.3 Å². The molecule has 0 aromatic heterocycles. The molecule has 0 bridgehead atoms. The van der Waals surface area contributed by atoms with E-state index in [-0.39, 0.29) is 6.04 Å². The summed E-state index contributed by atoms with van der Waals surface area (Å²) in [6, 6.07) is 9.17. The summed E-state index contributed by atoms with van der Waals surface area (Å²) in [6.45, 7) is 1.92. The third kappa shape index (κ3) is 2.42. The summed E-state index contributed by atoms with van der Waals surface area (Å²) in [7, 11) is 1.81. The van der Waals surface area contributed by atoms with Crippen molar-refractivity contribution < 1.29 is 4.74 Å². The predicted molar refractivity (Wildman–Crippen MR) is 76.9 cm³/mol. The van der Waals surface area contributed by atoms with E-state index >= 15 is 0 Å². The van der Waals surface area contributed by atoms with Gasteiger partial charge in [0.15, 0.2) is 0 Å². The standard InChI is InChI=1S/C16H24N2O/c1-19-11-16(7-4-8-16)10-18-15-9-14(17)12-5-2-3-6-13(12)15/h2-3,5-6,14-15,18H,4,7-11,17H2,1H3. The van der Waals surface area contributed by atoms with Gasteiger partial charge in [0.25, 0.3) is 0 Å². The molecule has 2 atom stereocenters. The molecule has 0 heterocycles. The summed E-state index contributed by atoms with van der Waals surface area (Å²) < 4.78 is 5.39. The smallest absolute Gasteiger partial charge is 0.0530 e. The first kappa shape index (κ1) is 13.1. The Kier molecular flexibility index (Phi) is 3.61. The Bertz CT molecular complexity index is 442. The summed E-state index contributed by atoms with van der Waals surface area (Å²) in [5, 5.41) is 3.74. The number of nitrogens with one attached hydrogen (secondary N) is 1. The zero-order chi connectivity index (χ0) is 13.3. The van der Waals surface area contributed by atoms with Crippen molar-refractivity contribution in [3.63, 3.8) is 0 Å². The Morgan fingerprint density at radius 1 is 1.32 bits per heavy atom. The molecule has 1 aromatic rings. The van der Waals surface area contributed by atoms with E-state index in [1.54, 1.807) is 7.11 Å². The van der Waals surface area contributed by atoms with Crippen molar-refractivity contribution >= 4 is 0 Å². The van der Waals surface area contributed by atoms with Crippen LogP contribution in [0, 0.1) is 5.41 Å². The molecule has 104 valence electrons. The predicted octanol–water partition coefficient (Wildman–Crippen LogP) is 2.54. The van der Waals surface area contributed by atoms with Crippen LogP contribution in [0.4, 0.5) is 0 Å². The number of rotatable bonds is 5. The van der Waals surface area contributed by atoms with E-state index in [1.165, 1.54) is 30.4 Å². The maximum absolute atomic E-state index is 6.22. The van der Waals surface area contributed by atoms with Gasteiger partial charge >= 0.3 is 0 Å². The molecule has 0 saturated heterocycles. The molecule has 3 nitrogen and oxygen atoms in total. The van der Waals surface area contributed by atoms with Crippen LogP contribution in [0.1, 0.15) is 48.9 Å². The Morgan fingerprint density at radius 3 is 2.68 bits per heavy atom. The van der Waals surface area contributed by atoms with Crippen LogP contribution in [-0.2, 0) is 4.74 Å². The van der Waals surface area contributed by atoms with Crippen LogP contribution in [-0.4, -0.2) is 20.3 Å². The van der Waals surface area contributed by atoms with Gasteiger partial charge in [-0.05, 0) is 30.4 Å². The van der Waals surface area contributed by atoms with E-state index in [2.05, 4.69) is 29.6 Å². The van der Waals surface area contributed by atoms with Gasteiger partial charge < -0.3 is 15.8 Å². The molecule has 1 saturated carbocycles. The van der Waals surface area contributed by atoms with Crippen LogP contribution in [0.25, 0.3) is 0 Å². The average molecular weight is 260 g/mol. The number of hydrogen-bond donors (Lipinski definition) is 2. The second-order valence-electron chi connectivity index (χ2n) is 6.19. The summed E-state index contributed by atoms with van der Waals surface area (Å²) in [5.74, 6) is 0. The maximum atomic E-state index is 6.22. The number of fused-ring (bicyclic) bond motifs is 1. The van der Waals surface area contributed by atoms with Crippen molar-refractivity contribution in [3.05, 3.63) is 35.4 Å². The topological polar surface area (TPSA) is 47.3 Å². The highest BCUT2D eigenvalue weighted by Gasteiger charge is 2.38. The Hall–Kier alpha value is -0.900. The summed E-state index contributed by atoms with van der Waals surface area (Å²) >= 11 is 0. The van der Waals surface area contributed by atoms with Crippen LogP contribution in [0.5, 0.6) is 0 Å². The largest absolute Gasteiger partial charge is 0.384 e. The molecule has 3 heteroatoms. The minimum atomic E-state index is 0.188. The van der Waals surface area contributed by atoms with Crippen molar-refractivity contribution in [2.75, 3.05) is 20.3 Å². The highest BCUT2D eigenvalue weighted by Crippen LogP contribution is 2.42. The van der Waals surface area contributed by atoms with Crippen LogP contribution < -0.4 is 11.1 Å². The number of nitrogens with two attached hydrogens (primary N) is 1. The fourth-order valence-corrected chi connectivity index (χ4v) is 3.56. The van der Waals surface area contributed by atoms with Crippen molar-refractivity contribution in [2.24, 2.45) is 11.1 Å². The normalized spacial score (nSPS) is 27.9. The number of methoxy groups -OCH3 is 1. The lowest BCUT2D eigenvalue weighted by Gasteiger charge is -2.42. The third-order valence-electron chi connectivity index (χ3n) is 4.85. The minimum Gasteiger partial charge on any atom is -0.384 e. The first-order valence-electron chi connectivity index (χ1n) is 7.31. The monoisotopic (exact) mass is 260 g/mol. The van der Waals surface area contributed by atoms with Gasteiger partial charge in [-0.15, -0.1) is 0 Å². The van der Waals surface area contributed by atoms with Gasteiger partial charge in [0.2, 0.25) is 0 Å². The van der Waals surface area contributed by atoms with E-state index < -0.39 is 0 Å². The Morgan fingerprint density at radius 2 is 2.05 bits per heavy atom. The van der Waals surface area contributed by atoms with Crippen molar-refractivity contribution in [2.45, 2.75) is 37.8 Å².